The minimum Gasteiger partial charge on any atom is -0.462 e. The number of hydrogen-bond acceptors (Lipinski definition) is 5. The number of amides is 1. The van der Waals surface area contributed by atoms with Gasteiger partial charge < -0.3 is 10.1 Å². The van der Waals surface area contributed by atoms with Gasteiger partial charge in [0.1, 0.15) is 0 Å². The largest absolute Gasteiger partial charge is 0.462 e. The number of sulfonamides is 1. The fraction of sp³-hybridized carbons (Fsp3) is 0.200. The van der Waals surface area contributed by atoms with Crippen LogP contribution in [0.15, 0.2) is 71.6 Å². The summed E-state index contributed by atoms with van der Waals surface area (Å²) in [6.45, 7) is 4.24. The van der Waals surface area contributed by atoms with E-state index in [0.717, 1.165) is 18.4 Å². The maximum Gasteiger partial charge on any atom is 0.338 e. The SMILES string of the molecule is CCCCOC(=O)c1ccc(NC(=O)c2ccc(NS(=O)(=O)c3ccc(C)cc3)c(Cl)c2)cc1. The number of hydrogen-bond donors (Lipinski definition) is 2. The van der Waals surface area contributed by atoms with Gasteiger partial charge in [0, 0.05) is 11.3 Å². The molecule has 0 unspecified atom stereocenters. The zero-order valence-corrected chi connectivity index (χ0v) is 20.4. The molecule has 0 saturated carbocycles. The van der Waals surface area contributed by atoms with Gasteiger partial charge in [-0.05, 0) is 67.9 Å². The lowest BCUT2D eigenvalue weighted by atomic mass is 10.1. The minimum absolute atomic E-state index is 0.0773. The highest BCUT2D eigenvalue weighted by Crippen LogP contribution is 2.26. The van der Waals surface area contributed by atoms with Crippen molar-refractivity contribution in [2.75, 3.05) is 16.6 Å². The lowest BCUT2D eigenvalue weighted by Crippen LogP contribution is -2.15. The molecule has 0 atom stereocenters. The highest BCUT2D eigenvalue weighted by molar-refractivity contribution is 7.92. The van der Waals surface area contributed by atoms with Crippen LogP contribution in [0.1, 0.15) is 46.0 Å². The fourth-order valence-electron chi connectivity index (χ4n) is 2.95. The number of ether oxygens (including phenoxy) is 1. The van der Waals surface area contributed by atoms with Gasteiger partial charge in [-0.1, -0.05) is 42.6 Å². The molecule has 1 amide bonds. The summed E-state index contributed by atoms with van der Waals surface area (Å²) in [5.41, 5.74) is 2.21. The first kappa shape index (κ1) is 25.3. The van der Waals surface area contributed by atoms with E-state index in [1.54, 1.807) is 36.4 Å². The van der Waals surface area contributed by atoms with Crippen LogP contribution in [0, 0.1) is 6.92 Å². The monoisotopic (exact) mass is 500 g/mol. The Morgan fingerprint density at radius 1 is 0.941 bits per heavy atom. The van der Waals surface area contributed by atoms with Crippen LogP contribution in [0.25, 0.3) is 0 Å². The van der Waals surface area contributed by atoms with Gasteiger partial charge in [-0.15, -0.1) is 0 Å². The molecule has 3 aromatic rings. The van der Waals surface area contributed by atoms with Gasteiger partial charge in [-0.3, -0.25) is 9.52 Å². The second-order valence-electron chi connectivity index (χ2n) is 7.63. The predicted molar refractivity (Wildman–Crippen MR) is 133 cm³/mol. The van der Waals surface area contributed by atoms with E-state index < -0.39 is 21.9 Å². The summed E-state index contributed by atoms with van der Waals surface area (Å²) in [6, 6.07) is 17.0. The molecule has 0 radical (unpaired) electrons. The van der Waals surface area contributed by atoms with Gasteiger partial charge in [-0.2, -0.15) is 0 Å². The summed E-state index contributed by atoms with van der Waals surface area (Å²) < 4.78 is 32.8. The third-order valence-electron chi connectivity index (χ3n) is 4.92. The molecule has 0 bridgehead atoms. The summed E-state index contributed by atoms with van der Waals surface area (Å²) in [4.78, 5) is 24.7. The van der Waals surface area contributed by atoms with Crippen molar-refractivity contribution in [2.24, 2.45) is 0 Å². The Balaban J connectivity index is 1.65. The summed E-state index contributed by atoms with van der Waals surface area (Å²) in [7, 11) is -3.83. The lowest BCUT2D eigenvalue weighted by Gasteiger charge is -2.12. The van der Waals surface area contributed by atoms with Gasteiger partial charge in [0.15, 0.2) is 0 Å². The van der Waals surface area contributed by atoms with Crippen LogP contribution in [-0.2, 0) is 14.8 Å². The van der Waals surface area contributed by atoms with Crippen molar-refractivity contribution in [3.05, 3.63) is 88.4 Å². The summed E-state index contributed by atoms with van der Waals surface area (Å²) in [5, 5.41) is 2.79. The molecular formula is C25H25ClN2O5S. The Kier molecular flexibility index (Phi) is 8.31. The highest BCUT2D eigenvalue weighted by Gasteiger charge is 2.17. The van der Waals surface area contributed by atoms with E-state index in [1.807, 2.05) is 13.8 Å². The first-order valence-corrected chi connectivity index (χ1v) is 12.5. The van der Waals surface area contributed by atoms with Crippen molar-refractivity contribution in [2.45, 2.75) is 31.6 Å². The van der Waals surface area contributed by atoms with Crippen molar-refractivity contribution in [3.63, 3.8) is 0 Å². The molecule has 3 rings (SSSR count). The zero-order valence-electron chi connectivity index (χ0n) is 18.8. The number of carbonyl (C=O) groups is 2. The lowest BCUT2D eigenvalue weighted by molar-refractivity contribution is 0.0499. The number of carbonyl (C=O) groups excluding carboxylic acids is 2. The number of aryl methyl sites for hydroxylation is 1. The topological polar surface area (TPSA) is 102 Å². The van der Waals surface area contributed by atoms with E-state index in [4.69, 9.17) is 16.3 Å². The summed E-state index contributed by atoms with van der Waals surface area (Å²) >= 11 is 6.24. The normalized spacial score (nSPS) is 11.0. The molecule has 0 heterocycles. The van der Waals surface area contributed by atoms with Gasteiger partial charge in [0.05, 0.1) is 27.8 Å². The molecule has 0 fully saturated rings. The molecule has 0 aliphatic rings. The third-order valence-corrected chi connectivity index (χ3v) is 6.61. The van der Waals surface area contributed by atoms with Crippen molar-refractivity contribution in [3.8, 4) is 0 Å². The smallest absolute Gasteiger partial charge is 0.338 e. The molecule has 7 nitrogen and oxygen atoms in total. The number of halogens is 1. The molecule has 0 saturated heterocycles. The van der Waals surface area contributed by atoms with Gasteiger partial charge >= 0.3 is 5.97 Å². The predicted octanol–water partition coefficient (Wildman–Crippen LogP) is 5.66. The van der Waals surface area contributed by atoms with E-state index in [1.165, 1.54) is 30.3 Å². The molecule has 0 spiro atoms. The maximum atomic E-state index is 12.6. The van der Waals surface area contributed by atoms with Crippen LogP contribution in [-0.4, -0.2) is 26.9 Å². The van der Waals surface area contributed by atoms with Crippen LogP contribution < -0.4 is 10.0 Å². The van der Waals surface area contributed by atoms with Crippen molar-refractivity contribution in [1.82, 2.24) is 0 Å². The van der Waals surface area contributed by atoms with Crippen LogP contribution in [0.4, 0.5) is 11.4 Å². The zero-order chi connectivity index (χ0) is 24.7. The van der Waals surface area contributed by atoms with Gasteiger partial charge in [-0.25, -0.2) is 13.2 Å². The van der Waals surface area contributed by atoms with E-state index in [2.05, 4.69) is 10.0 Å². The van der Waals surface area contributed by atoms with Crippen molar-refractivity contribution >= 4 is 44.9 Å². The van der Waals surface area contributed by atoms with Crippen LogP contribution >= 0.6 is 11.6 Å². The average Bonchev–Trinajstić information content (AvgIpc) is 2.81. The molecule has 2 N–H and O–H groups in total. The van der Waals surface area contributed by atoms with Crippen molar-refractivity contribution in [1.29, 1.82) is 0 Å². The molecular weight excluding hydrogens is 476 g/mol. The van der Waals surface area contributed by atoms with E-state index >= 15 is 0 Å². The molecule has 34 heavy (non-hydrogen) atoms. The Bertz CT molecular complexity index is 1270. The number of rotatable bonds is 9. The number of nitrogens with one attached hydrogen (secondary N) is 2. The quantitative estimate of drug-likeness (QED) is 0.291. The van der Waals surface area contributed by atoms with Crippen LogP contribution in [0.3, 0.4) is 0 Å². The second kappa shape index (κ2) is 11.2. The number of benzene rings is 3. The van der Waals surface area contributed by atoms with E-state index in [0.29, 0.717) is 17.9 Å². The first-order valence-electron chi connectivity index (χ1n) is 10.7. The van der Waals surface area contributed by atoms with Gasteiger partial charge in [0.2, 0.25) is 0 Å². The highest BCUT2D eigenvalue weighted by atomic mass is 35.5. The molecule has 178 valence electrons. The average molecular weight is 501 g/mol. The van der Waals surface area contributed by atoms with Crippen LogP contribution in [0.2, 0.25) is 5.02 Å². The number of anilines is 2. The van der Waals surface area contributed by atoms with Crippen LogP contribution in [0.5, 0.6) is 0 Å². The van der Waals surface area contributed by atoms with Crippen molar-refractivity contribution < 1.29 is 22.7 Å². The molecule has 9 heteroatoms. The second-order valence-corrected chi connectivity index (χ2v) is 9.72. The van der Waals surface area contributed by atoms with E-state index in [9.17, 15) is 18.0 Å². The standard InChI is InChI=1S/C25H25ClN2O5S/c1-3-4-15-33-25(30)18-7-10-20(11-8-18)27-24(29)19-9-14-23(22(26)16-19)28-34(31,32)21-12-5-17(2)6-13-21/h5-14,16,28H,3-4,15H2,1-2H3,(H,27,29). The minimum atomic E-state index is -3.83. The Labute approximate surface area is 204 Å². The summed E-state index contributed by atoms with van der Waals surface area (Å²) in [6.07, 6.45) is 1.73. The maximum absolute atomic E-state index is 12.6. The molecule has 0 aliphatic carbocycles. The van der Waals surface area contributed by atoms with Gasteiger partial charge in [0.25, 0.3) is 15.9 Å². The Morgan fingerprint density at radius 3 is 2.21 bits per heavy atom. The Morgan fingerprint density at radius 2 is 1.59 bits per heavy atom. The Hall–Kier alpha value is -3.36. The fourth-order valence-corrected chi connectivity index (χ4v) is 4.31. The third kappa shape index (κ3) is 6.59. The first-order chi connectivity index (χ1) is 16.2. The number of esters is 1. The molecule has 0 aromatic heterocycles. The van der Waals surface area contributed by atoms with E-state index in [-0.39, 0.29) is 21.2 Å². The summed E-state index contributed by atoms with van der Waals surface area (Å²) in [5.74, 6) is -0.852. The number of unbranched alkanes of at least 4 members (excludes halogenated alkanes) is 1. The molecule has 0 aliphatic heterocycles. The molecule has 3 aromatic carbocycles.